The Bertz CT molecular complexity index is 326. The molecule has 0 radical (unpaired) electrons. The first kappa shape index (κ1) is 9.22. The number of fused-ring (bicyclic) bond motifs is 1. The van der Waals surface area contributed by atoms with Crippen LogP contribution >= 0.6 is 23.2 Å². The van der Waals surface area contributed by atoms with E-state index in [4.69, 9.17) is 23.2 Å². The summed E-state index contributed by atoms with van der Waals surface area (Å²) in [6.45, 7) is 0. The van der Waals surface area contributed by atoms with Crippen LogP contribution in [0.5, 0.6) is 0 Å². The van der Waals surface area contributed by atoms with E-state index in [1.807, 2.05) is 0 Å². The molecule has 0 bridgehead atoms. The van der Waals surface area contributed by atoms with Crippen LogP contribution in [0.3, 0.4) is 0 Å². The van der Waals surface area contributed by atoms with Gasteiger partial charge in [-0.2, -0.15) is 0 Å². The molecule has 0 spiro atoms. The maximum atomic E-state index is 6.02. The highest BCUT2D eigenvalue weighted by Gasteiger charge is 2.15. The van der Waals surface area contributed by atoms with Crippen molar-refractivity contribution in [1.29, 1.82) is 0 Å². The average molecular weight is 217 g/mol. The number of hydrogen-bond acceptors (Lipinski definition) is 2. The van der Waals surface area contributed by atoms with Crippen molar-refractivity contribution in [3.63, 3.8) is 0 Å². The van der Waals surface area contributed by atoms with Crippen LogP contribution in [0.2, 0.25) is 5.15 Å². The van der Waals surface area contributed by atoms with E-state index in [2.05, 4.69) is 9.97 Å². The average Bonchev–Trinajstić information content (AvgIpc) is 2.18. The first-order valence-corrected chi connectivity index (χ1v) is 5.32. The molecule has 1 aromatic heterocycles. The highest BCUT2D eigenvalue weighted by atomic mass is 35.5. The monoisotopic (exact) mass is 216 g/mol. The number of nitrogens with zero attached hydrogens (tertiary/aromatic N) is 2. The summed E-state index contributed by atoms with van der Waals surface area (Å²) in [5.41, 5.74) is 2.23. The Hall–Kier alpha value is -0.340. The third kappa shape index (κ3) is 1.79. The molecule has 0 saturated carbocycles. The normalized spacial score (nSPS) is 15.5. The summed E-state index contributed by atoms with van der Waals surface area (Å²) in [6, 6.07) is 0. The Morgan fingerprint density at radius 1 is 1.15 bits per heavy atom. The van der Waals surface area contributed by atoms with Crippen LogP contribution in [0.4, 0.5) is 0 Å². The molecule has 0 unspecified atom stereocenters. The molecule has 0 fully saturated rings. The summed E-state index contributed by atoms with van der Waals surface area (Å²) in [4.78, 5) is 8.49. The minimum absolute atomic E-state index is 0.340. The largest absolute Gasteiger partial charge is 0.236 e. The highest BCUT2D eigenvalue weighted by Crippen LogP contribution is 2.25. The standard InChI is InChI=1S/C9H10Cl2N2/c10-5-8-12-7-4-2-1-3-6(7)9(11)13-8/h1-5H2. The van der Waals surface area contributed by atoms with Crippen LogP contribution in [0, 0.1) is 0 Å². The number of alkyl halides is 1. The summed E-state index contributed by atoms with van der Waals surface area (Å²) in [5, 5.41) is 0.598. The predicted molar refractivity (Wildman–Crippen MR) is 53.2 cm³/mol. The van der Waals surface area contributed by atoms with E-state index in [-0.39, 0.29) is 0 Å². The molecule has 1 aliphatic carbocycles. The first-order chi connectivity index (χ1) is 6.31. The van der Waals surface area contributed by atoms with Gasteiger partial charge in [0.05, 0.1) is 5.88 Å². The van der Waals surface area contributed by atoms with Crippen LogP contribution in [0.15, 0.2) is 0 Å². The SMILES string of the molecule is ClCc1nc(Cl)c2c(n1)CCCC2. The summed E-state index contributed by atoms with van der Waals surface area (Å²) in [6.07, 6.45) is 4.41. The van der Waals surface area contributed by atoms with Gasteiger partial charge in [0.15, 0.2) is 0 Å². The maximum Gasteiger partial charge on any atom is 0.145 e. The Labute approximate surface area is 87.3 Å². The van der Waals surface area contributed by atoms with Crippen molar-refractivity contribution in [1.82, 2.24) is 9.97 Å². The zero-order chi connectivity index (χ0) is 9.26. The number of aromatic nitrogens is 2. The highest BCUT2D eigenvalue weighted by molar-refractivity contribution is 6.30. The van der Waals surface area contributed by atoms with E-state index in [1.165, 1.54) is 12.8 Å². The summed E-state index contributed by atoms with van der Waals surface area (Å²) in [5.74, 6) is 0.986. The van der Waals surface area contributed by atoms with Crippen LogP contribution in [-0.2, 0) is 18.7 Å². The van der Waals surface area contributed by atoms with Crippen molar-refractivity contribution in [2.75, 3.05) is 0 Å². The Balaban J connectivity index is 2.47. The molecule has 70 valence electrons. The molecule has 4 heteroatoms. The van der Waals surface area contributed by atoms with E-state index in [0.717, 1.165) is 24.1 Å². The predicted octanol–water partition coefficient (Wildman–Crippen LogP) is 2.75. The molecule has 0 saturated heterocycles. The van der Waals surface area contributed by atoms with Gasteiger partial charge in [0.1, 0.15) is 11.0 Å². The van der Waals surface area contributed by atoms with Crippen LogP contribution in [0.1, 0.15) is 29.9 Å². The number of hydrogen-bond donors (Lipinski definition) is 0. The topological polar surface area (TPSA) is 25.8 Å². The quantitative estimate of drug-likeness (QED) is 0.533. The lowest BCUT2D eigenvalue weighted by atomic mass is 9.97. The fourth-order valence-electron chi connectivity index (χ4n) is 1.66. The zero-order valence-corrected chi connectivity index (χ0v) is 8.70. The molecule has 0 atom stereocenters. The van der Waals surface area contributed by atoms with Crippen molar-refractivity contribution in [2.45, 2.75) is 31.6 Å². The Morgan fingerprint density at radius 2 is 1.92 bits per heavy atom. The molecule has 0 amide bonds. The lowest BCUT2D eigenvalue weighted by Crippen LogP contribution is -2.09. The van der Waals surface area contributed by atoms with Gasteiger partial charge < -0.3 is 0 Å². The second-order valence-corrected chi connectivity index (χ2v) is 3.82. The van der Waals surface area contributed by atoms with E-state index < -0.39 is 0 Å². The van der Waals surface area contributed by atoms with Crippen LogP contribution in [-0.4, -0.2) is 9.97 Å². The van der Waals surface area contributed by atoms with E-state index >= 15 is 0 Å². The number of aryl methyl sites for hydroxylation is 1. The maximum absolute atomic E-state index is 6.02. The molecule has 0 aromatic carbocycles. The minimum atomic E-state index is 0.340. The van der Waals surface area contributed by atoms with Gasteiger partial charge in [0.2, 0.25) is 0 Å². The molecular weight excluding hydrogens is 207 g/mol. The van der Waals surface area contributed by atoms with Gasteiger partial charge in [-0.3, -0.25) is 0 Å². The van der Waals surface area contributed by atoms with Gasteiger partial charge in [0, 0.05) is 11.3 Å². The lowest BCUT2D eigenvalue weighted by molar-refractivity contribution is 0.657. The first-order valence-electron chi connectivity index (χ1n) is 4.41. The van der Waals surface area contributed by atoms with Gasteiger partial charge in [-0.15, -0.1) is 11.6 Å². The van der Waals surface area contributed by atoms with Crippen molar-refractivity contribution in [2.24, 2.45) is 0 Å². The summed E-state index contributed by atoms with van der Waals surface area (Å²) >= 11 is 11.7. The fourth-order valence-corrected chi connectivity index (χ4v) is 2.08. The molecular formula is C9H10Cl2N2. The molecule has 1 aliphatic rings. The van der Waals surface area contributed by atoms with Gasteiger partial charge in [-0.25, -0.2) is 9.97 Å². The number of rotatable bonds is 1. The molecule has 2 nitrogen and oxygen atoms in total. The minimum Gasteiger partial charge on any atom is -0.236 e. The summed E-state index contributed by atoms with van der Waals surface area (Å²) < 4.78 is 0. The van der Waals surface area contributed by atoms with Crippen molar-refractivity contribution < 1.29 is 0 Å². The second-order valence-electron chi connectivity index (χ2n) is 3.20. The van der Waals surface area contributed by atoms with E-state index in [0.29, 0.717) is 16.9 Å². The summed E-state index contributed by atoms with van der Waals surface area (Å²) in [7, 11) is 0. The molecule has 2 rings (SSSR count). The molecule has 0 N–H and O–H groups in total. The number of halogens is 2. The van der Waals surface area contributed by atoms with E-state index in [1.54, 1.807) is 0 Å². The van der Waals surface area contributed by atoms with E-state index in [9.17, 15) is 0 Å². The lowest BCUT2D eigenvalue weighted by Gasteiger charge is -2.15. The Morgan fingerprint density at radius 3 is 2.69 bits per heavy atom. The molecule has 13 heavy (non-hydrogen) atoms. The second kappa shape index (κ2) is 3.81. The van der Waals surface area contributed by atoms with Crippen molar-refractivity contribution >= 4 is 23.2 Å². The molecule has 0 aliphatic heterocycles. The Kier molecular flexibility index (Phi) is 2.70. The zero-order valence-electron chi connectivity index (χ0n) is 7.19. The van der Waals surface area contributed by atoms with Gasteiger partial charge >= 0.3 is 0 Å². The fraction of sp³-hybridized carbons (Fsp3) is 0.556. The van der Waals surface area contributed by atoms with Crippen molar-refractivity contribution in [3.8, 4) is 0 Å². The van der Waals surface area contributed by atoms with Gasteiger partial charge in [-0.1, -0.05) is 11.6 Å². The molecule has 1 heterocycles. The third-order valence-corrected chi connectivity index (χ3v) is 2.85. The third-order valence-electron chi connectivity index (χ3n) is 2.30. The van der Waals surface area contributed by atoms with Crippen molar-refractivity contribution in [3.05, 3.63) is 22.2 Å². The molecule has 1 aromatic rings. The van der Waals surface area contributed by atoms with Crippen LogP contribution < -0.4 is 0 Å². The van der Waals surface area contributed by atoms with Gasteiger partial charge in [0.25, 0.3) is 0 Å². The van der Waals surface area contributed by atoms with Gasteiger partial charge in [-0.05, 0) is 25.7 Å². The van der Waals surface area contributed by atoms with Crippen LogP contribution in [0.25, 0.3) is 0 Å². The smallest absolute Gasteiger partial charge is 0.145 e.